The first-order chi connectivity index (χ1) is 19.0. The molecule has 3 rings (SSSR count). The van der Waals surface area contributed by atoms with Gasteiger partial charge in [0.05, 0.1) is 18.2 Å². The van der Waals surface area contributed by atoms with Gasteiger partial charge in [0.2, 0.25) is 0 Å². The van der Waals surface area contributed by atoms with Crippen molar-refractivity contribution in [3.8, 4) is 0 Å². The number of hydrogen-bond donors (Lipinski definition) is 1. The summed E-state index contributed by atoms with van der Waals surface area (Å²) >= 11 is 0. The Morgan fingerprint density at radius 1 is 0.850 bits per heavy atom. The van der Waals surface area contributed by atoms with E-state index in [0.717, 1.165) is 36.1 Å². The van der Waals surface area contributed by atoms with Gasteiger partial charge in [0, 0.05) is 38.7 Å². The molecule has 2 aromatic carbocycles. The molecule has 0 unspecified atom stereocenters. The number of carbonyl (C=O) groups is 1. The quantitative estimate of drug-likeness (QED) is 0.0616. The number of aryl methyl sites for hydroxylation is 1. The van der Waals surface area contributed by atoms with Crippen LogP contribution < -0.4 is 0 Å². The fourth-order valence-corrected chi connectivity index (χ4v) is 4.64. The molecule has 0 aromatic heterocycles. The summed E-state index contributed by atoms with van der Waals surface area (Å²) in [6.45, 7) is 4.44. The van der Waals surface area contributed by atoms with Crippen LogP contribution in [0.4, 0.5) is 5.69 Å². The second-order valence-corrected chi connectivity index (χ2v) is 10.5. The summed E-state index contributed by atoms with van der Waals surface area (Å²) in [6.07, 6.45) is 18.9. The van der Waals surface area contributed by atoms with Gasteiger partial charge in [-0.05, 0) is 30.9 Å². The van der Waals surface area contributed by atoms with Crippen LogP contribution in [0.1, 0.15) is 121 Å². The maximum absolute atomic E-state index is 12.1. The number of aliphatic hydroxyl groups is 1. The van der Waals surface area contributed by atoms with Gasteiger partial charge in [0.1, 0.15) is 11.5 Å². The predicted molar refractivity (Wildman–Crippen MR) is 165 cm³/mol. The minimum atomic E-state index is 0. The van der Waals surface area contributed by atoms with Gasteiger partial charge in [-0.3, -0.25) is 9.79 Å². The van der Waals surface area contributed by atoms with Crippen molar-refractivity contribution in [2.75, 3.05) is 0 Å². The van der Waals surface area contributed by atoms with Crippen molar-refractivity contribution in [2.45, 2.75) is 117 Å². The zero-order chi connectivity index (χ0) is 28.1. The summed E-state index contributed by atoms with van der Waals surface area (Å²) in [7, 11) is 0. The first-order valence-electron chi connectivity index (χ1n) is 15.2. The summed E-state index contributed by atoms with van der Waals surface area (Å²) in [5.74, 6) is 0.775. The van der Waals surface area contributed by atoms with E-state index in [9.17, 15) is 14.7 Å². The number of Topliss-reactive ketones (excluding diaryl/α,β-unsaturated/α-hetero) is 1. The maximum Gasteiger partial charge on any atom is 0.319 e. The normalized spacial score (nSPS) is 12.8. The van der Waals surface area contributed by atoms with Gasteiger partial charge in [0.15, 0.2) is 0 Å². The van der Waals surface area contributed by atoms with E-state index in [1.165, 1.54) is 64.2 Å². The van der Waals surface area contributed by atoms with Crippen LogP contribution in [0.25, 0.3) is 0 Å². The standard InChI is InChI=1S/C19H36O2.C16H12NO.Ir/c1-3-5-7-9-11-13-15-18(20)17-19(21)16-14-12-10-8-6-4-2;18-15-11-10-12-6-4-5-9-14(12)17-16(15)13-7-2-1-3-8-13;/h17,20H,3-16H2,1-2H3;1-7,9H,10-11H2;/q;-1;/p+1/b18-17-;;. The number of aliphatic hydroxyl groups excluding tert-OH is 1. The van der Waals surface area contributed by atoms with E-state index in [1.807, 2.05) is 48.5 Å². The molecule has 2 aromatic rings. The number of fused-ring (bicyclic) bond motifs is 1. The Morgan fingerprint density at radius 2 is 1.45 bits per heavy atom. The number of hydrogen-bond acceptors (Lipinski definition) is 3. The Hall–Kier alpha value is -2.36. The minimum Gasteiger partial charge on any atom is -0.512 e. The average molecular weight is 724 g/mol. The third kappa shape index (κ3) is 14.9. The smallest absolute Gasteiger partial charge is 0.319 e. The third-order valence-electron chi connectivity index (χ3n) is 6.98. The fourth-order valence-electron chi connectivity index (χ4n) is 4.64. The van der Waals surface area contributed by atoms with E-state index in [4.69, 9.17) is 0 Å². The molecular formula is C35H49IrNO3. The van der Waals surface area contributed by atoms with E-state index in [2.05, 4.69) is 24.9 Å². The molecule has 2 N–H and O–H groups in total. The van der Waals surface area contributed by atoms with Crippen molar-refractivity contribution in [1.82, 2.24) is 0 Å². The minimum absolute atomic E-state index is 0. The Kier molecular flexibility index (Phi) is 19.9. The molecule has 1 radical (unpaired) electrons. The number of carbonyl (C=O) groups excluding carboxylic acids is 2. The molecule has 0 aliphatic carbocycles. The molecule has 0 spiro atoms. The largest absolute Gasteiger partial charge is 0.512 e. The van der Waals surface area contributed by atoms with Gasteiger partial charge in [-0.15, -0.1) is 35.9 Å². The number of benzene rings is 2. The SMILES string of the molecule is CCCCCCCCC(=[OH+])/C=C(\O)CCCCCCCC.O=C1CCc2ccccc2N=C1c1[c-]cccc1.[Ir]. The van der Waals surface area contributed by atoms with Crippen molar-refractivity contribution in [2.24, 2.45) is 4.99 Å². The van der Waals surface area contributed by atoms with Gasteiger partial charge in [-0.25, -0.2) is 0 Å². The Balaban J connectivity index is 0.000000392. The summed E-state index contributed by atoms with van der Waals surface area (Å²) < 4.78 is 0. The van der Waals surface area contributed by atoms with Crippen molar-refractivity contribution < 1.29 is 34.8 Å². The second-order valence-electron chi connectivity index (χ2n) is 10.5. The van der Waals surface area contributed by atoms with Gasteiger partial charge < -0.3 is 9.90 Å². The molecule has 1 aliphatic heterocycles. The van der Waals surface area contributed by atoms with Crippen LogP contribution in [0.3, 0.4) is 0 Å². The first kappa shape index (κ1) is 35.7. The van der Waals surface area contributed by atoms with Crippen molar-refractivity contribution >= 4 is 23.0 Å². The third-order valence-corrected chi connectivity index (χ3v) is 6.98. The van der Waals surface area contributed by atoms with Gasteiger partial charge in [0.25, 0.3) is 0 Å². The molecule has 0 bridgehead atoms. The molecule has 1 heterocycles. The van der Waals surface area contributed by atoms with E-state index < -0.39 is 0 Å². The van der Waals surface area contributed by atoms with E-state index in [1.54, 1.807) is 6.08 Å². The number of nitrogens with zero attached hydrogens (tertiary/aromatic N) is 1. The summed E-state index contributed by atoms with van der Waals surface area (Å²) in [5, 5.41) is 9.78. The van der Waals surface area contributed by atoms with Crippen molar-refractivity contribution in [3.05, 3.63) is 77.6 Å². The number of allylic oxidation sites excluding steroid dienone is 2. The van der Waals surface area contributed by atoms with Gasteiger partial charge >= 0.3 is 5.78 Å². The van der Waals surface area contributed by atoms with Crippen LogP contribution in [0.5, 0.6) is 0 Å². The Bertz CT molecular complexity index is 1050. The van der Waals surface area contributed by atoms with Crippen molar-refractivity contribution in [1.29, 1.82) is 0 Å². The Morgan fingerprint density at radius 3 is 2.10 bits per heavy atom. The molecule has 0 fully saturated rings. The van der Waals surface area contributed by atoms with Crippen LogP contribution in [-0.2, 0) is 31.3 Å². The second kappa shape index (κ2) is 22.3. The molecular weight excluding hydrogens is 675 g/mol. The molecule has 4 nitrogen and oxygen atoms in total. The number of ketones is 2. The number of rotatable bonds is 16. The summed E-state index contributed by atoms with van der Waals surface area (Å²) in [4.78, 5) is 26.4. The van der Waals surface area contributed by atoms with Crippen LogP contribution >= 0.6 is 0 Å². The zero-order valence-electron chi connectivity index (χ0n) is 24.6. The monoisotopic (exact) mass is 724 g/mol. The summed E-state index contributed by atoms with van der Waals surface area (Å²) in [5.41, 5.74) is 3.34. The molecule has 1 aliphatic rings. The Labute approximate surface area is 256 Å². The predicted octanol–water partition coefficient (Wildman–Crippen LogP) is 9.59. The van der Waals surface area contributed by atoms with Gasteiger partial charge in [-0.2, -0.15) is 0 Å². The van der Waals surface area contributed by atoms with Crippen LogP contribution in [-0.4, -0.2) is 27.2 Å². The van der Waals surface area contributed by atoms with Gasteiger partial charge in [-0.1, -0.05) is 96.3 Å². The van der Waals surface area contributed by atoms with E-state index in [0.29, 0.717) is 36.5 Å². The molecule has 0 saturated carbocycles. The molecule has 40 heavy (non-hydrogen) atoms. The van der Waals surface area contributed by atoms with E-state index >= 15 is 0 Å². The topological polar surface area (TPSA) is 71.1 Å². The van der Waals surface area contributed by atoms with Crippen LogP contribution in [0.15, 0.2) is 65.4 Å². The fraction of sp³-hybridized carbons (Fsp3) is 0.514. The number of aliphatic imine (C=N–C) groups is 1. The maximum atomic E-state index is 12.1. The van der Waals surface area contributed by atoms with Crippen LogP contribution in [0.2, 0.25) is 0 Å². The average Bonchev–Trinajstić information content (AvgIpc) is 3.12. The molecule has 0 saturated heterocycles. The molecule has 0 atom stereocenters. The van der Waals surface area contributed by atoms with E-state index in [-0.39, 0.29) is 25.9 Å². The van der Waals surface area contributed by atoms with Crippen LogP contribution in [0, 0.1) is 6.07 Å². The van der Waals surface area contributed by atoms with Crippen molar-refractivity contribution in [3.63, 3.8) is 0 Å². The molecule has 5 heteroatoms. The summed E-state index contributed by atoms with van der Waals surface area (Å²) in [6, 6.07) is 18.5. The molecule has 221 valence electrons. The number of unbranched alkanes of at least 4 members (excludes halogenated alkanes) is 10. The zero-order valence-corrected chi connectivity index (χ0v) is 27.0. The molecule has 0 amide bonds. The first-order valence-corrected chi connectivity index (χ1v) is 15.2. The number of para-hydroxylation sites is 1.